The summed E-state index contributed by atoms with van der Waals surface area (Å²) < 4.78 is 31.7. The number of benzene rings is 1. The molecule has 0 aliphatic rings. The van der Waals surface area contributed by atoms with Gasteiger partial charge in [0.1, 0.15) is 5.82 Å². The van der Waals surface area contributed by atoms with E-state index in [4.69, 9.17) is 4.74 Å². The molecule has 1 rings (SSSR count). The van der Waals surface area contributed by atoms with Crippen molar-refractivity contribution in [3.05, 3.63) is 28.2 Å². The first-order chi connectivity index (χ1) is 8.00. The lowest BCUT2D eigenvalue weighted by Gasteiger charge is -2.11. The normalized spacial score (nSPS) is 10.9. The molecule has 0 saturated carbocycles. The molecule has 0 heterocycles. The van der Waals surface area contributed by atoms with Gasteiger partial charge in [-0.3, -0.25) is 0 Å². The molecule has 0 aliphatic carbocycles. The van der Waals surface area contributed by atoms with Crippen LogP contribution < -0.4 is 10.1 Å². The highest BCUT2D eigenvalue weighted by molar-refractivity contribution is 9.10. The maximum absolute atomic E-state index is 13.3. The van der Waals surface area contributed by atoms with Crippen molar-refractivity contribution in [2.45, 2.75) is 26.3 Å². The predicted octanol–water partition coefficient (Wildman–Crippen LogP) is 3.49. The maximum Gasteiger partial charge on any atom is 0.169 e. The number of halogens is 3. The van der Waals surface area contributed by atoms with Crippen molar-refractivity contribution < 1.29 is 13.5 Å². The van der Waals surface area contributed by atoms with Crippen LogP contribution in [0.1, 0.15) is 20.3 Å². The average molecular weight is 308 g/mol. The molecule has 96 valence electrons. The van der Waals surface area contributed by atoms with Gasteiger partial charge in [0, 0.05) is 12.1 Å². The van der Waals surface area contributed by atoms with Crippen LogP contribution in [0.2, 0.25) is 0 Å². The minimum atomic E-state index is -0.686. The van der Waals surface area contributed by atoms with Gasteiger partial charge in [-0.1, -0.05) is 13.8 Å². The topological polar surface area (TPSA) is 21.3 Å². The average Bonchev–Trinajstić information content (AvgIpc) is 2.20. The monoisotopic (exact) mass is 307 g/mol. The Morgan fingerprint density at radius 1 is 1.35 bits per heavy atom. The van der Waals surface area contributed by atoms with Crippen LogP contribution in [0.4, 0.5) is 8.78 Å². The Labute approximate surface area is 108 Å². The Morgan fingerprint density at radius 2 is 2.06 bits per heavy atom. The van der Waals surface area contributed by atoms with Gasteiger partial charge in [0.2, 0.25) is 0 Å². The summed E-state index contributed by atoms with van der Waals surface area (Å²) in [6, 6.07) is 2.42. The van der Waals surface area contributed by atoms with E-state index in [0.29, 0.717) is 17.1 Å². The zero-order valence-corrected chi connectivity index (χ0v) is 11.5. The van der Waals surface area contributed by atoms with Crippen molar-refractivity contribution in [2.24, 2.45) is 0 Å². The minimum Gasteiger partial charge on any atom is -0.489 e. The van der Waals surface area contributed by atoms with Crippen molar-refractivity contribution in [3.63, 3.8) is 0 Å². The van der Waals surface area contributed by atoms with Crippen LogP contribution in [-0.2, 0) is 0 Å². The van der Waals surface area contributed by atoms with Crippen molar-refractivity contribution in [2.75, 3.05) is 13.2 Å². The molecule has 1 aromatic rings. The number of hydrogen-bond donors (Lipinski definition) is 1. The molecule has 0 amide bonds. The Kier molecular flexibility index (Phi) is 5.85. The van der Waals surface area contributed by atoms with Crippen LogP contribution in [0.15, 0.2) is 16.6 Å². The maximum atomic E-state index is 13.3. The first kappa shape index (κ1) is 14.4. The van der Waals surface area contributed by atoms with Crippen LogP contribution in [0, 0.1) is 11.6 Å². The third kappa shape index (κ3) is 5.00. The second kappa shape index (κ2) is 6.91. The molecule has 0 aliphatic heterocycles. The predicted molar refractivity (Wildman–Crippen MR) is 67.3 cm³/mol. The Morgan fingerprint density at radius 3 is 2.65 bits per heavy atom. The largest absolute Gasteiger partial charge is 0.489 e. The second-order valence-corrected chi connectivity index (χ2v) is 4.86. The SMILES string of the molecule is CC(C)NCCCOc1c(F)cc(F)cc1Br. The van der Waals surface area contributed by atoms with Gasteiger partial charge in [0.05, 0.1) is 11.1 Å². The number of nitrogens with one attached hydrogen (secondary N) is 1. The molecule has 1 aromatic carbocycles. The molecule has 0 atom stereocenters. The van der Waals surface area contributed by atoms with Crippen LogP contribution in [0.25, 0.3) is 0 Å². The summed E-state index contributed by atoms with van der Waals surface area (Å²) in [4.78, 5) is 0. The second-order valence-electron chi connectivity index (χ2n) is 4.01. The van der Waals surface area contributed by atoms with Crippen molar-refractivity contribution in [3.8, 4) is 5.75 Å². The number of rotatable bonds is 6. The number of hydrogen-bond acceptors (Lipinski definition) is 2. The van der Waals surface area contributed by atoms with Crippen LogP contribution >= 0.6 is 15.9 Å². The Hall–Kier alpha value is -0.680. The third-order valence-corrected chi connectivity index (χ3v) is 2.67. The smallest absolute Gasteiger partial charge is 0.169 e. The van der Waals surface area contributed by atoms with Crippen LogP contribution in [0.5, 0.6) is 5.75 Å². The summed E-state index contributed by atoms with van der Waals surface area (Å²) in [6.07, 6.45) is 0.765. The van der Waals surface area contributed by atoms with Gasteiger partial charge in [0.15, 0.2) is 11.6 Å². The fourth-order valence-corrected chi connectivity index (χ4v) is 1.83. The van der Waals surface area contributed by atoms with E-state index in [9.17, 15) is 8.78 Å². The summed E-state index contributed by atoms with van der Waals surface area (Å²) in [7, 11) is 0. The lowest BCUT2D eigenvalue weighted by atomic mass is 10.3. The summed E-state index contributed by atoms with van der Waals surface area (Å²) in [5.74, 6) is -1.24. The molecule has 5 heteroatoms. The fourth-order valence-electron chi connectivity index (χ4n) is 1.30. The summed E-state index contributed by atoms with van der Waals surface area (Å²) in [6.45, 7) is 5.30. The molecule has 0 saturated heterocycles. The molecule has 0 unspecified atom stereocenters. The van der Waals surface area contributed by atoms with Crippen LogP contribution in [0.3, 0.4) is 0 Å². The minimum absolute atomic E-state index is 0.0657. The zero-order valence-electron chi connectivity index (χ0n) is 9.90. The van der Waals surface area contributed by atoms with Crippen molar-refractivity contribution in [1.82, 2.24) is 5.32 Å². The molecular formula is C12H16BrF2NO. The molecule has 17 heavy (non-hydrogen) atoms. The lowest BCUT2D eigenvalue weighted by molar-refractivity contribution is 0.289. The lowest BCUT2D eigenvalue weighted by Crippen LogP contribution is -2.24. The van der Waals surface area contributed by atoms with Gasteiger partial charge >= 0.3 is 0 Å². The van der Waals surface area contributed by atoms with E-state index >= 15 is 0 Å². The van der Waals surface area contributed by atoms with E-state index in [1.54, 1.807) is 0 Å². The summed E-state index contributed by atoms with van der Waals surface area (Å²) in [5.41, 5.74) is 0. The first-order valence-electron chi connectivity index (χ1n) is 5.51. The molecule has 0 bridgehead atoms. The van der Waals surface area contributed by atoms with E-state index in [1.807, 2.05) is 0 Å². The fraction of sp³-hybridized carbons (Fsp3) is 0.500. The Bertz CT molecular complexity index is 349. The van der Waals surface area contributed by atoms with E-state index in [1.165, 1.54) is 6.07 Å². The third-order valence-electron chi connectivity index (χ3n) is 2.08. The molecule has 0 radical (unpaired) electrons. The molecule has 2 nitrogen and oxygen atoms in total. The van der Waals surface area contributed by atoms with E-state index in [-0.39, 0.29) is 5.75 Å². The molecule has 0 aromatic heterocycles. The molecule has 0 spiro atoms. The van der Waals surface area contributed by atoms with E-state index in [0.717, 1.165) is 19.0 Å². The van der Waals surface area contributed by atoms with Crippen LogP contribution in [-0.4, -0.2) is 19.2 Å². The van der Waals surface area contributed by atoms with E-state index < -0.39 is 11.6 Å². The highest BCUT2D eigenvalue weighted by Gasteiger charge is 2.10. The standard InChI is InChI=1S/C12H16BrF2NO/c1-8(2)16-4-3-5-17-12-10(13)6-9(14)7-11(12)15/h6-8,16H,3-5H2,1-2H3. The van der Waals surface area contributed by atoms with Gasteiger partial charge in [0.25, 0.3) is 0 Å². The Balaban J connectivity index is 2.42. The van der Waals surface area contributed by atoms with Gasteiger partial charge < -0.3 is 10.1 Å². The number of ether oxygens (including phenoxy) is 1. The molecule has 1 N–H and O–H groups in total. The highest BCUT2D eigenvalue weighted by Crippen LogP contribution is 2.29. The summed E-state index contributed by atoms with van der Waals surface area (Å²) >= 11 is 3.07. The molecular weight excluding hydrogens is 292 g/mol. The quantitative estimate of drug-likeness (QED) is 0.812. The van der Waals surface area contributed by atoms with Gasteiger partial charge in [-0.15, -0.1) is 0 Å². The van der Waals surface area contributed by atoms with Crippen molar-refractivity contribution in [1.29, 1.82) is 0 Å². The zero-order chi connectivity index (χ0) is 12.8. The van der Waals surface area contributed by atoms with Gasteiger partial charge in [-0.25, -0.2) is 8.78 Å². The van der Waals surface area contributed by atoms with E-state index in [2.05, 4.69) is 35.1 Å². The van der Waals surface area contributed by atoms with Gasteiger partial charge in [-0.05, 0) is 35.0 Å². The molecule has 0 fully saturated rings. The first-order valence-corrected chi connectivity index (χ1v) is 6.30. The highest BCUT2D eigenvalue weighted by atomic mass is 79.9. The van der Waals surface area contributed by atoms with Crippen molar-refractivity contribution >= 4 is 15.9 Å². The summed E-state index contributed by atoms with van der Waals surface area (Å²) in [5, 5.41) is 3.22. The van der Waals surface area contributed by atoms with Gasteiger partial charge in [-0.2, -0.15) is 0 Å².